The zero-order valence-electron chi connectivity index (χ0n) is 20.4. The van der Waals surface area contributed by atoms with E-state index in [0.717, 1.165) is 30.6 Å². The standard InChI is InChI=1S/C29H32N2O4/c1-31(19-20-35-27(32)22-13-15-26(34-2)16-14-22)18-17-25(21-31)29(28(30)33,23-9-5-3-6-10-23)24-11-7-4-8-12-24/h3-16,25H,17-21H2,1-2H3,(H-,30,33)/p+1/t25-,31?/m1/s1. The van der Waals surface area contributed by atoms with E-state index >= 15 is 0 Å². The second-order valence-corrected chi connectivity index (χ2v) is 9.50. The Hall–Kier alpha value is -3.64. The molecule has 0 bridgehead atoms. The van der Waals surface area contributed by atoms with E-state index in [0.29, 0.717) is 28.9 Å². The van der Waals surface area contributed by atoms with E-state index in [2.05, 4.69) is 7.05 Å². The lowest BCUT2D eigenvalue weighted by molar-refractivity contribution is -0.899. The van der Waals surface area contributed by atoms with Gasteiger partial charge in [-0.05, 0) is 35.4 Å². The monoisotopic (exact) mass is 473 g/mol. The van der Waals surface area contributed by atoms with Gasteiger partial charge in [-0.15, -0.1) is 0 Å². The molecule has 1 unspecified atom stereocenters. The second-order valence-electron chi connectivity index (χ2n) is 9.50. The highest BCUT2D eigenvalue weighted by atomic mass is 16.5. The van der Waals surface area contributed by atoms with Gasteiger partial charge in [-0.1, -0.05) is 60.7 Å². The Bertz CT molecular complexity index is 1110. The largest absolute Gasteiger partial charge is 0.497 e. The van der Waals surface area contributed by atoms with Gasteiger partial charge in [-0.25, -0.2) is 4.79 Å². The number of hydrogen-bond acceptors (Lipinski definition) is 4. The Labute approximate surface area is 206 Å². The molecule has 1 saturated heterocycles. The van der Waals surface area contributed by atoms with Gasteiger partial charge in [-0.2, -0.15) is 0 Å². The zero-order valence-corrected chi connectivity index (χ0v) is 20.4. The molecule has 6 heteroatoms. The molecule has 0 saturated carbocycles. The van der Waals surface area contributed by atoms with Gasteiger partial charge in [-0.3, -0.25) is 4.79 Å². The molecule has 2 atom stereocenters. The highest BCUT2D eigenvalue weighted by molar-refractivity contribution is 5.91. The van der Waals surface area contributed by atoms with E-state index in [1.54, 1.807) is 31.4 Å². The number of likely N-dealkylation sites (tertiary alicyclic amines) is 1. The maximum absolute atomic E-state index is 13.3. The van der Waals surface area contributed by atoms with Crippen molar-refractivity contribution in [3.8, 4) is 5.75 Å². The van der Waals surface area contributed by atoms with Crippen molar-refractivity contribution in [2.45, 2.75) is 11.8 Å². The lowest BCUT2D eigenvalue weighted by atomic mass is 9.64. The summed E-state index contributed by atoms with van der Waals surface area (Å²) in [6.45, 7) is 2.59. The first-order valence-corrected chi connectivity index (χ1v) is 11.9. The summed E-state index contributed by atoms with van der Waals surface area (Å²) in [5, 5.41) is 0. The van der Waals surface area contributed by atoms with Gasteiger partial charge in [0.25, 0.3) is 0 Å². The molecule has 1 heterocycles. The molecular weight excluding hydrogens is 440 g/mol. The molecule has 3 aromatic carbocycles. The Morgan fingerprint density at radius 1 is 0.943 bits per heavy atom. The van der Waals surface area contributed by atoms with Crippen molar-refractivity contribution in [1.29, 1.82) is 0 Å². The summed E-state index contributed by atoms with van der Waals surface area (Å²) >= 11 is 0. The highest BCUT2D eigenvalue weighted by Crippen LogP contribution is 2.44. The summed E-state index contributed by atoms with van der Waals surface area (Å²) < 4.78 is 11.4. The van der Waals surface area contributed by atoms with Crippen molar-refractivity contribution in [2.75, 3.05) is 40.4 Å². The molecule has 4 rings (SSSR count). The lowest BCUT2D eigenvalue weighted by Gasteiger charge is -2.38. The first kappa shape index (κ1) is 24.5. The first-order valence-electron chi connectivity index (χ1n) is 11.9. The predicted octanol–water partition coefficient (Wildman–Crippen LogP) is 3.79. The summed E-state index contributed by atoms with van der Waals surface area (Å²) in [6.07, 6.45) is 0.843. The molecule has 1 fully saturated rings. The molecule has 0 aromatic heterocycles. The predicted molar refractivity (Wildman–Crippen MR) is 135 cm³/mol. The summed E-state index contributed by atoms with van der Waals surface area (Å²) in [4.78, 5) is 25.7. The molecule has 0 aliphatic carbocycles. The molecule has 1 amide bonds. The van der Waals surface area contributed by atoms with Crippen LogP contribution in [0.5, 0.6) is 5.75 Å². The number of rotatable bonds is 9. The Morgan fingerprint density at radius 2 is 1.51 bits per heavy atom. The van der Waals surface area contributed by atoms with E-state index in [1.807, 2.05) is 60.7 Å². The third-order valence-electron chi connectivity index (χ3n) is 7.33. The number of quaternary nitrogens is 1. The van der Waals surface area contributed by atoms with Crippen LogP contribution >= 0.6 is 0 Å². The van der Waals surface area contributed by atoms with E-state index in [-0.39, 0.29) is 17.8 Å². The van der Waals surface area contributed by atoms with Crippen LogP contribution in [-0.2, 0) is 14.9 Å². The smallest absolute Gasteiger partial charge is 0.338 e. The maximum atomic E-state index is 13.3. The molecule has 2 N–H and O–H groups in total. The second kappa shape index (κ2) is 10.3. The average molecular weight is 474 g/mol. The number of methoxy groups -OCH3 is 1. The molecule has 1 aliphatic rings. The number of esters is 1. The van der Waals surface area contributed by atoms with E-state index in [4.69, 9.17) is 15.2 Å². The van der Waals surface area contributed by atoms with Crippen LogP contribution in [0.4, 0.5) is 0 Å². The van der Waals surface area contributed by atoms with Gasteiger partial charge in [0.2, 0.25) is 5.91 Å². The molecule has 6 nitrogen and oxygen atoms in total. The van der Waals surface area contributed by atoms with E-state index < -0.39 is 5.41 Å². The molecule has 3 aromatic rings. The van der Waals surface area contributed by atoms with Crippen LogP contribution in [0.1, 0.15) is 27.9 Å². The number of amides is 1. The van der Waals surface area contributed by atoms with Crippen LogP contribution in [0.3, 0.4) is 0 Å². The number of carbonyl (C=O) groups excluding carboxylic acids is 2. The fraction of sp³-hybridized carbons (Fsp3) is 0.310. The van der Waals surface area contributed by atoms with Crippen LogP contribution in [0.2, 0.25) is 0 Å². The molecule has 0 spiro atoms. The van der Waals surface area contributed by atoms with Crippen LogP contribution in [0.25, 0.3) is 0 Å². The zero-order chi connectivity index (χ0) is 24.9. The van der Waals surface area contributed by atoms with Crippen LogP contribution in [0, 0.1) is 5.92 Å². The van der Waals surface area contributed by atoms with Gasteiger partial charge in [0.1, 0.15) is 24.3 Å². The van der Waals surface area contributed by atoms with E-state index in [1.165, 1.54) is 0 Å². The number of benzene rings is 3. The number of primary amides is 1. The van der Waals surface area contributed by atoms with Gasteiger partial charge in [0.05, 0.1) is 32.8 Å². The summed E-state index contributed by atoms with van der Waals surface area (Å²) in [6, 6.07) is 26.6. The van der Waals surface area contributed by atoms with Crippen molar-refractivity contribution >= 4 is 11.9 Å². The van der Waals surface area contributed by atoms with E-state index in [9.17, 15) is 9.59 Å². The Kier molecular flexibility index (Phi) is 7.22. The van der Waals surface area contributed by atoms with Crippen molar-refractivity contribution in [1.82, 2.24) is 0 Å². The van der Waals surface area contributed by atoms with Crippen molar-refractivity contribution in [2.24, 2.45) is 11.7 Å². The lowest BCUT2D eigenvalue weighted by Crippen LogP contribution is -2.51. The Morgan fingerprint density at radius 3 is 2.03 bits per heavy atom. The summed E-state index contributed by atoms with van der Waals surface area (Å²) in [5.41, 5.74) is 7.62. The van der Waals surface area contributed by atoms with Crippen LogP contribution < -0.4 is 10.5 Å². The fourth-order valence-electron chi connectivity index (χ4n) is 5.43. The SMILES string of the molecule is COc1ccc(C(=O)OCC[N+]2(C)CC[C@@H](C(C(N)=O)(c3ccccc3)c3ccccc3)C2)cc1. The number of nitrogens with zero attached hydrogens (tertiary/aromatic N) is 1. The summed E-state index contributed by atoms with van der Waals surface area (Å²) in [7, 11) is 3.74. The van der Waals surface area contributed by atoms with Crippen molar-refractivity contribution < 1.29 is 23.5 Å². The molecule has 35 heavy (non-hydrogen) atoms. The first-order chi connectivity index (χ1) is 16.9. The van der Waals surface area contributed by atoms with Crippen molar-refractivity contribution in [3.05, 3.63) is 102 Å². The average Bonchev–Trinajstić information content (AvgIpc) is 3.27. The number of nitrogens with two attached hydrogens (primary N) is 1. The normalized spacial score (nSPS) is 19.8. The van der Waals surface area contributed by atoms with Crippen LogP contribution in [-0.4, -0.2) is 56.8 Å². The number of carbonyl (C=O) groups is 2. The fourth-order valence-corrected chi connectivity index (χ4v) is 5.43. The number of hydrogen-bond donors (Lipinski definition) is 1. The topological polar surface area (TPSA) is 78.6 Å². The van der Waals surface area contributed by atoms with Crippen LogP contribution in [0.15, 0.2) is 84.9 Å². The minimum atomic E-state index is -0.918. The van der Waals surface area contributed by atoms with Gasteiger partial charge in [0.15, 0.2) is 0 Å². The maximum Gasteiger partial charge on any atom is 0.338 e. The third-order valence-corrected chi connectivity index (χ3v) is 7.33. The third kappa shape index (κ3) is 4.93. The number of ether oxygens (including phenoxy) is 2. The number of likely N-dealkylation sites (N-methyl/N-ethyl adjacent to an activating group) is 1. The summed E-state index contributed by atoms with van der Waals surface area (Å²) in [5.74, 6) is 0.0268. The highest BCUT2D eigenvalue weighted by Gasteiger charge is 2.53. The minimum absolute atomic E-state index is 0.0205. The minimum Gasteiger partial charge on any atom is -0.497 e. The van der Waals surface area contributed by atoms with Crippen molar-refractivity contribution in [3.63, 3.8) is 0 Å². The van der Waals surface area contributed by atoms with Gasteiger partial charge in [0, 0.05) is 12.3 Å². The molecular formula is C29H33N2O4+. The van der Waals surface area contributed by atoms with Gasteiger partial charge < -0.3 is 19.7 Å². The molecule has 182 valence electrons. The molecule has 0 radical (unpaired) electrons. The Balaban J connectivity index is 1.51. The quantitative estimate of drug-likeness (QED) is 0.379. The molecule has 1 aliphatic heterocycles. The van der Waals surface area contributed by atoms with Gasteiger partial charge >= 0.3 is 5.97 Å².